The van der Waals surface area contributed by atoms with E-state index in [0.29, 0.717) is 52.7 Å². The van der Waals surface area contributed by atoms with Crippen molar-refractivity contribution in [1.82, 2.24) is 35.2 Å². The second-order valence-electron chi connectivity index (χ2n) is 16.1. The van der Waals surface area contributed by atoms with Crippen LogP contribution in [-0.4, -0.2) is 99.8 Å². The molecule has 3 fully saturated rings. The Hall–Kier alpha value is -5.84. The molecule has 0 aliphatic carbocycles. The molecule has 5 aliphatic heterocycles. The number of nitrogens with two attached hydrogens (primary N) is 2. The molecule has 0 spiro atoms. The summed E-state index contributed by atoms with van der Waals surface area (Å²) >= 11 is 0. The molecular formula is C41H49N9O11. The molecule has 11 N–H and O–H groups in total. The zero-order valence-corrected chi connectivity index (χ0v) is 33.9. The molecule has 0 radical (unpaired) electrons. The third kappa shape index (κ3) is 6.99. The first kappa shape index (κ1) is 41.9. The van der Waals surface area contributed by atoms with E-state index in [1.165, 1.54) is 12.7 Å². The Bertz CT molecular complexity index is 2580. The van der Waals surface area contributed by atoms with E-state index in [4.69, 9.17) is 49.4 Å². The Morgan fingerprint density at radius 3 is 1.74 bits per heavy atom. The summed E-state index contributed by atoms with van der Waals surface area (Å²) in [4.78, 5) is 16.7. The average molecular weight is 844 g/mol. The van der Waals surface area contributed by atoms with Crippen LogP contribution in [0.1, 0.15) is 51.3 Å². The van der Waals surface area contributed by atoms with Crippen molar-refractivity contribution < 1.29 is 53.6 Å². The van der Waals surface area contributed by atoms with Gasteiger partial charge < -0.3 is 80.3 Å². The lowest BCUT2D eigenvalue weighted by Crippen LogP contribution is -2.45. The highest BCUT2D eigenvalue weighted by atomic mass is 16.8. The van der Waals surface area contributed by atoms with Gasteiger partial charge in [0.2, 0.25) is 13.6 Å². The molecule has 0 bridgehead atoms. The summed E-state index contributed by atoms with van der Waals surface area (Å²) in [5, 5.41) is 23.2. The SMILES string of the molecule is CC1(C)O[C@H]2[C@H](n3ccc4c(N)ncnc43)O[C@H](Cc3ccc4c(c3)OCO4)[C@@]2(C)O1.C[C@@]1(O)[C@@H](Cc2ccc3c(c2)OCO3)O[C@@H](n2ccc3c(N)ncnc32)[C@@H]1O.N.O. The van der Waals surface area contributed by atoms with Gasteiger partial charge >= 0.3 is 0 Å². The van der Waals surface area contributed by atoms with Crippen molar-refractivity contribution >= 4 is 33.7 Å². The van der Waals surface area contributed by atoms with Crippen LogP contribution in [0.4, 0.5) is 11.6 Å². The van der Waals surface area contributed by atoms with Crippen LogP contribution in [0.5, 0.6) is 23.0 Å². The van der Waals surface area contributed by atoms with Crippen molar-refractivity contribution in [2.75, 3.05) is 25.1 Å². The summed E-state index contributed by atoms with van der Waals surface area (Å²) in [6.45, 7) is 7.93. The Kier molecular flexibility index (Phi) is 10.5. The van der Waals surface area contributed by atoms with Crippen LogP contribution < -0.4 is 36.6 Å². The van der Waals surface area contributed by atoms with Gasteiger partial charge in [-0.2, -0.15) is 0 Å². The van der Waals surface area contributed by atoms with Crippen LogP contribution in [0.2, 0.25) is 0 Å². The molecule has 0 unspecified atom stereocenters. The highest BCUT2D eigenvalue weighted by molar-refractivity contribution is 5.86. The van der Waals surface area contributed by atoms with Gasteiger partial charge in [-0.3, -0.25) is 0 Å². The van der Waals surface area contributed by atoms with E-state index in [1.54, 1.807) is 23.8 Å². The van der Waals surface area contributed by atoms with Gasteiger partial charge in [-0.25, -0.2) is 19.9 Å². The third-order valence-corrected chi connectivity index (χ3v) is 11.8. The zero-order chi connectivity index (χ0) is 40.8. The summed E-state index contributed by atoms with van der Waals surface area (Å²) < 4.78 is 50.8. The van der Waals surface area contributed by atoms with Crippen molar-refractivity contribution in [2.24, 2.45) is 0 Å². The summed E-state index contributed by atoms with van der Waals surface area (Å²) in [6, 6.07) is 15.2. The Labute approximate surface area is 349 Å². The third-order valence-electron chi connectivity index (χ3n) is 11.8. The Morgan fingerprint density at radius 1 is 0.689 bits per heavy atom. The van der Waals surface area contributed by atoms with E-state index < -0.39 is 41.7 Å². The summed E-state index contributed by atoms with van der Waals surface area (Å²) in [5.74, 6) is 2.92. The molecule has 11 rings (SSSR count). The lowest BCUT2D eigenvalue weighted by atomic mass is 9.90. The van der Waals surface area contributed by atoms with Crippen molar-refractivity contribution in [3.8, 4) is 23.0 Å². The number of rotatable bonds is 6. The lowest BCUT2D eigenvalue weighted by Gasteiger charge is -2.29. The highest BCUT2D eigenvalue weighted by Crippen LogP contribution is 2.52. The monoisotopic (exact) mass is 843 g/mol. The quantitative estimate of drug-likeness (QED) is 0.161. The number of hydrogen-bond donors (Lipinski definition) is 5. The van der Waals surface area contributed by atoms with Crippen molar-refractivity contribution in [2.45, 2.75) is 94.4 Å². The molecule has 2 aromatic carbocycles. The average Bonchev–Trinajstić information content (AvgIpc) is 4.07. The minimum absolute atomic E-state index is 0. The minimum atomic E-state index is -1.46. The van der Waals surface area contributed by atoms with E-state index in [-0.39, 0.29) is 37.4 Å². The van der Waals surface area contributed by atoms with Crippen LogP contribution in [0.25, 0.3) is 22.1 Å². The standard InChI is InChI=1S/C22H24N4O5.C19H20N4O5.H3N.H2O/c1-21(2)30-17-20(26-7-6-13-18(23)24-10-25-19(13)26)29-16(22(17,3)31-21)9-12-4-5-14-15(8-12)28-11-27-14;1-19(25)14(7-10-2-3-12-13(6-10)27-9-26-12)28-18(15(19)24)23-5-4-11-16(20)21-8-22-17(11)23;;/h4-8,10,16-17,20H,9,11H2,1-3H3,(H2,23,24,25);2-6,8,14-15,18,24-25H,7,9H2,1H3,(H2,20,21,22);1H3;1H2/t16-,17+,20-,22-;14-,15+,18-,19-;;/m11../s1. The number of fused-ring (bicyclic) bond motifs is 5. The van der Waals surface area contributed by atoms with E-state index in [0.717, 1.165) is 28.0 Å². The minimum Gasteiger partial charge on any atom is -0.454 e. The van der Waals surface area contributed by atoms with Gasteiger partial charge in [-0.1, -0.05) is 12.1 Å². The highest BCUT2D eigenvalue weighted by Gasteiger charge is 2.64. The van der Waals surface area contributed by atoms with Crippen LogP contribution in [0.3, 0.4) is 0 Å². The van der Waals surface area contributed by atoms with Crippen LogP contribution in [-0.2, 0) is 31.8 Å². The van der Waals surface area contributed by atoms with Crippen LogP contribution in [0, 0.1) is 0 Å². The molecule has 20 heteroatoms. The molecule has 9 heterocycles. The summed E-state index contributed by atoms with van der Waals surface area (Å²) in [7, 11) is 0. The number of aliphatic hydroxyl groups is 2. The normalized spacial score (nSPS) is 28.9. The van der Waals surface area contributed by atoms with Gasteiger partial charge in [0.1, 0.15) is 59.0 Å². The molecule has 20 nitrogen and oxygen atoms in total. The second-order valence-corrected chi connectivity index (χ2v) is 16.1. The van der Waals surface area contributed by atoms with E-state index in [9.17, 15) is 10.2 Å². The number of ether oxygens (including phenoxy) is 8. The smallest absolute Gasteiger partial charge is 0.231 e. The zero-order valence-electron chi connectivity index (χ0n) is 33.9. The first-order valence-electron chi connectivity index (χ1n) is 19.3. The fraction of sp³-hybridized carbons (Fsp3) is 0.415. The van der Waals surface area contributed by atoms with Crippen molar-refractivity contribution in [3.05, 3.63) is 84.7 Å². The first-order chi connectivity index (χ1) is 28.3. The van der Waals surface area contributed by atoms with Crippen LogP contribution >= 0.6 is 0 Å². The maximum atomic E-state index is 11.0. The van der Waals surface area contributed by atoms with Gasteiger partial charge in [0.15, 0.2) is 41.2 Å². The molecule has 6 aromatic rings. The van der Waals surface area contributed by atoms with Crippen LogP contribution in [0.15, 0.2) is 73.6 Å². The number of aliphatic hydroxyl groups excluding tert-OH is 1. The number of benzene rings is 2. The Morgan fingerprint density at radius 2 is 1.18 bits per heavy atom. The molecule has 5 aliphatic rings. The number of anilines is 2. The molecular weight excluding hydrogens is 795 g/mol. The summed E-state index contributed by atoms with van der Waals surface area (Å²) in [6.07, 6.45) is 3.90. The fourth-order valence-electron chi connectivity index (χ4n) is 8.75. The maximum absolute atomic E-state index is 11.0. The molecule has 4 aromatic heterocycles. The maximum Gasteiger partial charge on any atom is 0.231 e. The van der Waals surface area contributed by atoms with Gasteiger partial charge in [-0.05, 0) is 75.2 Å². The molecule has 324 valence electrons. The molecule has 61 heavy (non-hydrogen) atoms. The van der Waals surface area contributed by atoms with Gasteiger partial charge in [0.05, 0.1) is 23.0 Å². The predicted octanol–water partition coefficient (Wildman–Crippen LogP) is 3.12. The topological polar surface area (TPSA) is 294 Å². The van der Waals surface area contributed by atoms with Gasteiger partial charge in [-0.15, -0.1) is 0 Å². The predicted molar refractivity (Wildman–Crippen MR) is 218 cm³/mol. The fourth-order valence-corrected chi connectivity index (χ4v) is 8.75. The molecule has 8 atom stereocenters. The molecule has 0 amide bonds. The van der Waals surface area contributed by atoms with E-state index in [1.807, 2.05) is 67.1 Å². The summed E-state index contributed by atoms with van der Waals surface area (Å²) in [5.41, 5.74) is 13.0. The number of aromatic nitrogens is 6. The molecule has 3 saturated heterocycles. The number of nitrogen functional groups attached to an aromatic ring is 2. The largest absolute Gasteiger partial charge is 0.454 e. The van der Waals surface area contributed by atoms with Crippen molar-refractivity contribution in [1.29, 1.82) is 0 Å². The lowest BCUT2D eigenvalue weighted by molar-refractivity contribution is -0.209. The molecule has 0 saturated carbocycles. The first-order valence-corrected chi connectivity index (χ1v) is 19.3. The van der Waals surface area contributed by atoms with E-state index >= 15 is 0 Å². The van der Waals surface area contributed by atoms with Gasteiger partial charge in [0, 0.05) is 25.2 Å². The second kappa shape index (κ2) is 15.3. The van der Waals surface area contributed by atoms with E-state index in [2.05, 4.69) is 26.9 Å². The number of hydrogen-bond acceptors (Lipinski definition) is 17. The number of nitrogens with zero attached hydrogens (tertiary/aromatic N) is 6. The Balaban J connectivity index is 0.000000164. The van der Waals surface area contributed by atoms with Crippen molar-refractivity contribution in [3.63, 3.8) is 0 Å². The van der Waals surface area contributed by atoms with Gasteiger partial charge in [0.25, 0.3) is 0 Å².